The second-order valence-corrected chi connectivity index (χ2v) is 7.30. The van der Waals surface area contributed by atoms with Gasteiger partial charge in [0.25, 0.3) is 0 Å². The topological polar surface area (TPSA) is 53.0 Å². The lowest BCUT2D eigenvalue weighted by atomic mass is 10.1. The molecule has 0 amide bonds. The molecule has 0 bridgehead atoms. The normalized spacial score (nSPS) is 13.8. The lowest BCUT2D eigenvalue weighted by molar-refractivity contribution is 0.679. The fourth-order valence-corrected chi connectivity index (χ4v) is 2.61. The van der Waals surface area contributed by atoms with Gasteiger partial charge in [-0.15, -0.1) is 0 Å². The molecule has 20 heavy (non-hydrogen) atoms. The lowest BCUT2D eigenvalue weighted by Gasteiger charge is -2.09. The highest BCUT2D eigenvalue weighted by Gasteiger charge is 2.02. The smallest absolute Gasteiger partial charge is 0.0696 e. The molecule has 0 radical (unpaired) electrons. The van der Waals surface area contributed by atoms with Gasteiger partial charge < -0.3 is 5.32 Å². The Labute approximate surface area is 121 Å². The molecule has 2 aromatic rings. The van der Waals surface area contributed by atoms with Gasteiger partial charge >= 0.3 is 0 Å². The zero-order chi connectivity index (χ0) is 14.8. The Balaban J connectivity index is 2.06. The summed E-state index contributed by atoms with van der Waals surface area (Å²) in [5, 5.41) is 3.33. The van der Waals surface area contributed by atoms with Crippen molar-refractivity contribution in [2.45, 2.75) is 25.3 Å². The summed E-state index contributed by atoms with van der Waals surface area (Å²) >= 11 is 0. The van der Waals surface area contributed by atoms with Gasteiger partial charge in [-0.3, -0.25) is 0 Å². The maximum absolute atomic E-state index is 11.6. The molecule has 3 nitrogen and oxygen atoms in total. The van der Waals surface area contributed by atoms with Crippen LogP contribution in [0, 0.1) is 18.6 Å². The Kier molecular flexibility index (Phi) is 4.14. The molecule has 0 aliphatic rings. The van der Waals surface area contributed by atoms with Crippen LogP contribution in [0.3, 0.4) is 0 Å². The molecule has 2 rings (SSSR count). The lowest BCUT2D eigenvalue weighted by Crippen LogP contribution is -2.01. The minimum absolute atomic E-state index is 0.564. The van der Waals surface area contributed by atoms with Gasteiger partial charge in [0.1, 0.15) is 0 Å². The van der Waals surface area contributed by atoms with Crippen LogP contribution < -0.4 is 5.32 Å². The van der Waals surface area contributed by atoms with Gasteiger partial charge in [-0.25, -0.2) is 8.99 Å². The molecular weight excluding hydrogens is 268 g/mol. The summed E-state index contributed by atoms with van der Waals surface area (Å²) < 4.78 is 19.1. The molecule has 4 heteroatoms. The van der Waals surface area contributed by atoms with E-state index in [0.717, 1.165) is 12.2 Å². The molecule has 0 aromatic heterocycles. The predicted molar refractivity (Wildman–Crippen MR) is 84.7 cm³/mol. The molecular formula is C16H20N2OS. The highest BCUT2D eigenvalue weighted by molar-refractivity contribution is 7.91. The Morgan fingerprint density at radius 1 is 1.05 bits per heavy atom. The SMILES string of the molecule is Cc1ccc(CNc2ccc(S(C)(=N)=O)cc2)cc1C. The van der Waals surface area contributed by atoms with E-state index in [9.17, 15) is 4.21 Å². The largest absolute Gasteiger partial charge is 0.381 e. The third-order valence-electron chi connectivity index (χ3n) is 3.37. The van der Waals surface area contributed by atoms with Crippen molar-refractivity contribution in [1.29, 1.82) is 4.78 Å². The summed E-state index contributed by atoms with van der Waals surface area (Å²) in [6.45, 7) is 4.97. The molecule has 1 atom stereocenters. The van der Waals surface area contributed by atoms with Gasteiger partial charge in [-0.05, 0) is 54.8 Å². The Bertz CT molecular complexity index is 704. The fourth-order valence-electron chi connectivity index (χ4n) is 1.95. The van der Waals surface area contributed by atoms with E-state index in [4.69, 9.17) is 4.78 Å². The van der Waals surface area contributed by atoms with Gasteiger partial charge in [0.05, 0.1) is 9.73 Å². The number of benzene rings is 2. The summed E-state index contributed by atoms with van der Waals surface area (Å²) in [6, 6.07) is 13.7. The summed E-state index contributed by atoms with van der Waals surface area (Å²) in [7, 11) is -2.62. The minimum Gasteiger partial charge on any atom is -0.381 e. The fraction of sp³-hybridized carbons (Fsp3) is 0.250. The van der Waals surface area contributed by atoms with Crippen molar-refractivity contribution < 1.29 is 4.21 Å². The van der Waals surface area contributed by atoms with Gasteiger partial charge in [-0.2, -0.15) is 0 Å². The van der Waals surface area contributed by atoms with Crippen LogP contribution >= 0.6 is 0 Å². The monoisotopic (exact) mass is 288 g/mol. The average molecular weight is 288 g/mol. The molecule has 2 aromatic carbocycles. The van der Waals surface area contributed by atoms with E-state index in [1.165, 1.54) is 22.9 Å². The van der Waals surface area contributed by atoms with E-state index in [1.54, 1.807) is 12.1 Å². The van der Waals surface area contributed by atoms with Crippen LogP contribution in [-0.2, 0) is 16.3 Å². The first kappa shape index (κ1) is 14.6. The maximum atomic E-state index is 11.6. The van der Waals surface area contributed by atoms with E-state index in [1.807, 2.05) is 12.1 Å². The van der Waals surface area contributed by atoms with Crippen LogP contribution in [0.5, 0.6) is 0 Å². The quantitative estimate of drug-likeness (QED) is 0.895. The van der Waals surface area contributed by atoms with Crippen LogP contribution in [0.4, 0.5) is 5.69 Å². The zero-order valence-electron chi connectivity index (χ0n) is 12.1. The Hall–Kier alpha value is -1.81. The van der Waals surface area contributed by atoms with Gasteiger partial charge in [0, 0.05) is 23.4 Å². The molecule has 0 fully saturated rings. The molecule has 0 saturated heterocycles. The number of hydrogen-bond acceptors (Lipinski definition) is 3. The van der Waals surface area contributed by atoms with E-state index >= 15 is 0 Å². The van der Waals surface area contributed by atoms with E-state index in [0.29, 0.717) is 4.90 Å². The molecule has 0 aliphatic carbocycles. The standard InChI is InChI=1S/C16H20N2OS/c1-12-4-5-14(10-13(12)2)11-18-15-6-8-16(9-7-15)20(3,17)19/h4-10,17-18H,11H2,1-3H3. The van der Waals surface area contributed by atoms with Crippen molar-refractivity contribution in [2.75, 3.05) is 11.6 Å². The van der Waals surface area contributed by atoms with Crippen molar-refractivity contribution >= 4 is 15.4 Å². The van der Waals surface area contributed by atoms with Crippen LogP contribution in [0.1, 0.15) is 16.7 Å². The molecule has 0 spiro atoms. The first-order valence-corrected chi connectivity index (χ1v) is 8.47. The van der Waals surface area contributed by atoms with Crippen LogP contribution in [0.25, 0.3) is 0 Å². The van der Waals surface area contributed by atoms with Gasteiger partial charge in [-0.1, -0.05) is 18.2 Å². The van der Waals surface area contributed by atoms with Crippen molar-refractivity contribution in [2.24, 2.45) is 0 Å². The van der Waals surface area contributed by atoms with Crippen molar-refractivity contribution in [3.8, 4) is 0 Å². The minimum atomic E-state index is -2.62. The van der Waals surface area contributed by atoms with Crippen LogP contribution in [0.15, 0.2) is 47.4 Å². The zero-order valence-corrected chi connectivity index (χ0v) is 12.9. The van der Waals surface area contributed by atoms with Crippen molar-refractivity contribution in [1.82, 2.24) is 0 Å². The number of nitrogens with one attached hydrogen (secondary N) is 2. The highest BCUT2D eigenvalue weighted by atomic mass is 32.2. The Morgan fingerprint density at radius 2 is 1.70 bits per heavy atom. The van der Waals surface area contributed by atoms with Crippen LogP contribution in [0.2, 0.25) is 0 Å². The van der Waals surface area contributed by atoms with E-state index < -0.39 is 9.73 Å². The first-order valence-electron chi connectivity index (χ1n) is 6.50. The number of hydrogen-bond donors (Lipinski definition) is 2. The summed E-state index contributed by atoms with van der Waals surface area (Å²) in [5.74, 6) is 0. The number of aryl methyl sites for hydroxylation is 2. The Morgan fingerprint density at radius 3 is 2.25 bits per heavy atom. The second kappa shape index (κ2) is 5.67. The van der Waals surface area contributed by atoms with E-state index in [2.05, 4.69) is 37.4 Å². The molecule has 0 heterocycles. The third-order valence-corrected chi connectivity index (χ3v) is 4.54. The first-order chi connectivity index (χ1) is 9.36. The van der Waals surface area contributed by atoms with Crippen molar-refractivity contribution in [3.63, 3.8) is 0 Å². The van der Waals surface area contributed by atoms with Gasteiger partial charge in [0.15, 0.2) is 0 Å². The van der Waals surface area contributed by atoms with Crippen LogP contribution in [-0.4, -0.2) is 10.5 Å². The van der Waals surface area contributed by atoms with Crippen molar-refractivity contribution in [3.05, 3.63) is 59.2 Å². The van der Waals surface area contributed by atoms with E-state index in [-0.39, 0.29) is 0 Å². The summed E-state index contributed by atoms with van der Waals surface area (Å²) in [5.41, 5.74) is 4.79. The predicted octanol–water partition coefficient (Wildman–Crippen LogP) is 3.95. The summed E-state index contributed by atoms with van der Waals surface area (Å²) in [6.07, 6.45) is 1.44. The average Bonchev–Trinajstić information content (AvgIpc) is 2.40. The summed E-state index contributed by atoms with van der Waals surface area (Å²) in [4.78, 5) is 0.564. The third kappa shape index (κ3) is 3.61. The molecule has 0 saturated carbocycles. The van der Waals surface area contributed by atoms with Gasteiger partial charge in [0.2, 0.25) is 0 Å². The highest BCUT2D eigenvalue weighted by Crippen LogP contribution is 2.16. The molecule has 2 N–H and O–H groups in total. The maximum Gasteiger partial charge on any atom is 0.0696 e. The number of anilines is 1. The second-order valence-electron chi connectivity index (χ2n) is 5.14. The number of rotatable bonds is 4. The molecule has 1 unspecified atom stereocenters. The molecule has 0 aliphatic heterocycles. The molecule has 106 valence electrons.